The van der Waals surface area contributed by atoms with E-state index in [1.165, 1.54) is 18.0 Å². The summed E-state index contributed by atoms with van der Waals surface area (Å²) in [6.07, 6.45) is 1.55. The number of hydrogen-bond acceptors (Lipinski definition) is 2. The zero-order valence-electron chi connectivity index (χ0n) is 15.4. The van der Waals surface area contributed by atoms with Gasteiger partial charge < -0.3 is 19.6 Å². The first kappa shape index (κ1) is 17.9. The number of carbonyl (C=O) groups excluding carboxylic acids is 2. The predicted octanol–water partition coefficient (Wildman–Crippen LogP) is -1.70. The van der Waals surface area contributed by atoms with E-state index in [2.05, 4.69) is 14.1 Å². The van der Waals surface area contributed by atoms with E-state index in [0.29, 0.717) is 6.42 Å². The average molecular weight is 346 g/mol. The van der Waals surface area contributed by atoms with Gasteiger partial charge in [-0.15, -0.1) is 0 Å². The lowest BCUT2D eigenvalue weighted by molar-refractivity contribution is -0.943. The minimum Gasteiger partial charge on any atom is -0.335 e. The van der Waals surface area contributed by atoms with Crippen molar-refractivity contribution in [1.82, 2.24) is 4.90 Å². The molecule has 2 amide bonds. The molecule has 3 rings (SSSR count). The maximum absolute atomic E-state index is 12.7. The van der Waals surface area contributed by atoms with Crippen molar-refractivity contribution in [3.05, 3.63) is 29.8 Å². The van der Waals surface area contributed by atoms with Gasteiger partial charge in [0.2, 0.25) is 5.91 Å². The third kappa shape index (κ3) is 4.38. The highest BCUT2D eigenvalue weighted by Gasteiger charge is 2.25. The number of benzene rings is 1. The molecule has 0 spiro atoms. The Hall–Kier alpha value is -1.92. The van der Waals surface area contributed by atoms with E-state index in [4.69, 9.17) is 0 Å². The van der Waals surface area contributed by atoms with Crippen LogP contribution in [0.1, 0.15) is 23.2 Å². The molecule has 1 aromatic rings. The number of nitrogens with one attached hydrogen (secondary N) is 2. The second-order valence-corrected chi connectivity index (χ2v) is 7.45. The summed E-state index contributed by atoms with van der Waals surface area (Å²) in [5.41, 5.74) is 1.62. The lowest BCUT2D eigenvalue weighted by atomic mass is 10.1. The van der Waals surface area contributed by atoms with Crippen LogP contribution in [0.4, 0.5) is 5.69 Å². The first-order chi connectivity index (χ1) is 12.0. The maximum Gasteiger partial charge on any atom is 0.254 e. The zero-order valence-corrected chi connectivity index (χ0v) is 15.4. The third-order valence-electron chi connectivity index (χ3n) is 5.24. The summed E-state index contributed by atoms with van der Waals surface area (Å²) in [5, 5.41) is 0. The van der Waals surface area contributed by atoms with Gasteiger partial charge in [0.15, 0.2) is 0 Å². The van der Waals surface area contributed by atoms with Crippen molar-refractivity contribution in [2.45, 2.75) is 12.8 Å². The lowest BCUT2D eigenvalue weighted by Crippen LogP contribution is -3.19. The Bertz CT molecular complexity index is 606. The van der Waals surface area contributed by atoms with Gasteiger partial charge in [-0.1, -0.05) is 0 Å². The molecule has 0 bridgehead atoms. The van der Waals surface area contributed by atoms with Gasteiger partial charge in [0.25, 0.3) is 5.91 Å². The molecule has 2 saturated heterocycles. The summed E-state index contributed by atoms with van der Waals surface area (Å²) >= 11 is 0. The summed E-state index contributed by atoms with van der Waals surface area (Å²) in [6, 6.07) is 7.52. The SMILES string of the molecule is C[NH+](C)CC[NH+]1CCN(C(=O)c2ccc(N3CCCC3=O)cc2)CC1. The molecule has 0 aromatic heterocycles. The predicted molar refractivity (Wildman–Crippen MR) is 97.2 cm³/mol. The van der Waals surface area contributed by atoms with Crippen molar-refractivity contribution in [1.29, 1.82) is 0 Å². The van der Waals surface area contributed by atoms with E-state index in [9.17, 15) is 9.59 Å². The molecule has 136 valence electrons. The quantitative estimate of drug-likeness (QED) is 0.668. The van der Waals surface area contributed by atoms with Crippen molar-refractivity contribution in [3.63, 3.8) is 0 Å². The number of piperazine rings is 1. The van der Waals surface area contributed by atoms with Crippen LogP contribution >= 0.6 is 0 Å². The number of rotatable bonds is 5. The molecule has 0 saturated carbocycles. The van der Waals surface area contributed by atoms with Crippen LogP contribution in [-0.2, 0) is 4.79 Å². The summed E-state index contributed by atoms with van der Waals surface area (Å²) in [7, 11) is 4.36. The molecule has 0 atom stereocenters. The van der Waals surface area contributed by atoms with Gasteiger partial charge in [0.05, 0.1) is 40.3 Å². The fourth-order valence-electron chi connectivity index (χ4n) is 3.59. The van der Waals surface area contributed by atoms with Crippen LogP contribution in [-0.4, -0.2) is 76.6 Å². The summed E-state index contributed by atoms with van der Waals surface area (Å²) in [5.74, 6) is 0.286. The van der Waals surface area contributed by atoms with Crippen molar-refractivity contribution in [2.75, 3.05) is 64.8 Å². The van der Waals surface area contributed by atoms with E-state index in [1.54, 1.807) is 4.90 Å². The number of nitrogens with zero attached hydrogens (tertiary/aromatic N) is 2. The van der Waals surface area contributed by atoms with Crippen LogP contribution in [0.3, 0.4) is 0 Å². The highest BCUT2D eigenvalue weighted by atomic mass is 16.2. The molecule has 2 aliphatic rings. The number of quaternary nitrogens is 2. The first-order valence-corrected chi connectivity index (χ1v) is 9.37. The van der Waals surface area contributed by atoms with Crippen LogP contribution in [0.25, 0.3) is 0 Å². The summed E-state index contributed by atoms with van der Waals surface area (Å²) in [6.45, 7) is 6.82. The molecule has 6 nitrogen and oxygen atoms in total. The topological polar surface area (TPSA) is 49.5 Å². The molecule has 0 radical (unpaired) electrons. The molecule has 6 heteroatoms. The van der Waals surface area contributed by atoms with Crippen molar-refractivity contribution in [2.24, 2.45) is 0 Å². The van der Waals surface area contributed by atoms with Gasteiger partial charge in [0.1, 0.15) is 13.1 Å². The van der Waals surface area contributed by atoms with E-state index in [-0.39, 0.29) is 11.8 Å². The van der Waals surface area contributed by atoms with Crippen molar-refractivity contribution < 1.29 is 19.4 Å². The highest BCUT2D eigenvalue weighted by molar-refractivity contribution is 5.97. The molecule has 2 aliphatic heterocycles. The number of likely N-dealkylation sites (N-methyl/N-ethyl adjacent to an activating group) is 1. The molecule has 25 heavy (non-hydrogen) atoms. The third-order valence-corrected chi connectivity index (χ3v) is 5.24. The first-order valence-electron chi connectivity index (χ1n) is 9.37. The standard InChI is InChI=1S/C19H28N4O2/c1-20(2)10-11-21-12-14-22(15-13-21)19(25)16-5-7-17(8-6-16)23-9-3-4-18(23)24/h5-8H,3-4,9-15H2,1-2H3/p+2. The van der Waals surface area contributed by atoms with Crippen LogP contribution in [0.5, 0.6) is 0 Å². The minimum atomic E-state index is 0.108. The molecule has 1 aromatic carbocycles. The van der Waals surface area contributed by atoms with Crippen molar-refractivity contribution >= 4 is 17.5 Å². The fraction of sp³-hybridized carbons (Fsp3) is 0.579. The number of anilines is 1. The number of hydrogen-bond donors (Lipinski definition) is 2. The van der Waals surface area contributed by atoms with Crippen LogP contribution in [0.2, 0.25) is 0 Å². The smallest absolute Gasteiger partial charge is 0.254 e. The Morgan fingerprint density at radius 3 is 2.36 bits per heavy atom. The Labute approximate surface area is 150 Å². The van der Waals surface area contributed by atoms with Crippen LogP contribution < -0.4 is 14.7 Å². The Morgan fingerprint density at radius 2 is 1.80 bits per heavy atom. The molecular formula is C19H30N4O2+2. The number of carbonyl (C=O) groups is 2. The van der Waals surface area contributed by atoms with E-state index < -0.39 is 0 Å². The van der Waals surface area contributed by atoms with Crippen molar-refractivity contribution in [3.8, 4) is 0 Å². The van der Waals surface area contributed by atoms with Gasteiger partial charge in [-0.2, -0.15) is 0 Å². The Kier molecular flexibility index (Phi) is 5.71. The van der Waals surface area contributed by atoms with Gasteiger partial charge >= 0.3 is 0 Å². The second-order valence-electron chi connectivity index (χ2n) is 7.45. The molecule has 0 unspecified atom stereocenters. The normalized spacial score (nSPS) is 19.1. The Morgan fingerprint density at radius 1 is 1.12 bits per heavy atom. The fourth-order valence-corrected chi connectivity index (χ4v) is 3.59. The van der Waals surface area contributed by atoms with Gasteiger partial charge in [-0.05, 0) is 30.7 Å². The van der Waals surface area contributed by atoms with Crippen LogP contribution in [0, 0.1) is 0 Å². The number of amides is 2. The summed E-state index contributed by atoms with van der Waals surface area (Å²) < 4.78 is 0. The summed E-state index contributed by atoms with van der Waals surface area (Å²) in [4.78, 5) is 31.3. The monoisotopic (exact) mass is 346 g/mol. The second kappa shape index (κ2) is 7.97. The molecule has 2 N–H and O–H groups in total. The maximum atomic E-state index is 12.7. The molecule has 2 heterocycles. The van der Waals surface area contributed by atoms with Crippen LogP contribution in [0.15, 0.2) is 24.3 Å². The van der Waals surface area contributed by atoms with Gasteiger partial charge in [-0.25, -0.2) is 0 Å². The highest BCUT2D eigenvalue weighted by Crippen LogP contribution is 2.22. The van der Waals surface area contributed by atoms with E-state index in [0.717, 1.165) is 50.4 Å². The Balaban J connectivity index is 1.54. The molecular weight excluding hydrogens is 316 g/mol. The van der Waals surface area contributed by atoms with Gasteiger partial charge in [-0.3, -0.25) is 9.59 Å². The molecule has 0 aliphatic carbocycles. The zero-order chi connectivity index (χ0) is 17.8. The minimum absolute atomic E-state index is 0.108. The van der Waals surface area contributed by atoms with E-state index >= 15 is 0 Å². The van der Waals surface area contributed by atoms with Gasteiger partial charge in [0, 0.05) is 24.2 Å². The largest absolute Gasteiger partial charge is 0.335 e. The van der Waals surface area contributed by atoms with E-state index in [1.807, 2.05) is 34.1 Å². The molecule has 2 fully saturated rings. The lowest BCUT2D eigenvalue weighted by Gasteiger charge is -2.32. The average Bonchev–Trinajstić information content (AvgIpc) is 3.06.